The van der Waals surface area contributed by atoms with Gasteiger partial charge in [-0.05, 0) is 25.5 Å². The van der Waals surface area contributed by atoms with Gasteiger partial charge in [0.25, 0.3) is 0 Å². The first-order valence-corrected chi connectivity index (χ1v) is 7.48. The summed E-state index contributed by atoms with van der Waals surface area (Å²) >= 11 is 0. The van der Waals surface area contributed by atoms with E-state index in [9.17, 15) is 4.21 Å². The molecule has 2 rings (SSSR count). The molecular weight excluding hydrogens is 264 g/mol. The first-order valence-electron chi connectivity index (χ1n) is 6.33. The van der Waals surface area contributed by atoms with Gasteiger partial charge in [0.2, 0.25) is 0 Å². The minimum absolute atomic E-state index is 0.0103. The van der Waals surface area contributed by atoms with Gasteiger partial charge in [-0.2, -0.15) is 0 Å². The van der Waals surface area contributed by atoms with Crippen LogP contribution in [-0.4, -0.2) is 42.2 Å². The molecule has 1 aliphatic rings. The Morgan fingerprint density at radius 1 is 1.32 bits per heavy atom. The molecule has 0 heterocycles. The number of hydrogen-bond donors (Lipinski definition) is 0. The van der Waals surface area contributed by atoms with E-state index in [0.29, 0.717) is 13.2 Å². The highest BCUT2D eigenvalue weighted by Crippen LogP contribution is 2.46. The highest BCUT2D eigenvalue weighted by molar-refractivity contribution is 7.86. The normalized spacial score (nSPS) is 27.2. The fourth-order valence-electron chi connectivity index (χ4n) is 1.88. The third-order valence-electron chi connectivity index (χ3n) is 3.28. The van der Waals surface area contributed by atoms with Crippen molar-refractivity contribution >= 4 is 10.8 Å². The average molecular weight is 284 g/mol. The number of methoxy groups -OCH3 is 1. The molecule has 5 heteroatoms. The SMILES string of the molecule is COCCOCO[C@@H]1C[C@@]1(C)S(=O)c1ccccc1. The quantitative estimate of drug-likeness (QED) is 0.541. The van der Waals surface area contributed by atoms with Crippen LogP contribution in [0.4, 0.5) is 0 Å². The molecule has 0 saturated heterocycles. The fraction of sp³-hybridized carbons (Fsp3) is 0.571. The molecule has 1 aliphatic carbocycles. The maximum Gasteiger partial charge on any atom is 0.147 e. The van der Waals surface area contributed by atoms with E-state index in [1.54, 1.807) is 7.11 Å². The molecule has 4 nitrogen and oxygen atoms in total. The predicted molar refractivity (Wildman–Crippen MR) is 73.4 cm³/mol. The third kappa shape index (κ3) is 3.63. The average Bonchev–Trinajstić information content (AvgIpc) is 3.11. The molecule has 0 aromatic heterocycles. The molecule has 3 atom stereocenters. The summed E-state index contributed by atoms with van der Waals surface area (Å²) in [5.41, 5.74) is 0. The molecule has 0 N–H and O–H groups in total. The van der Waals surface area contributed by atoms with E-state index in [4.69, 9.17) is 14.2 Å². The van der Waals surface area contributed by atoms with Crippen molar-refractivity contribution in [3.63, 3.8) is 0 Å². The number of ether oxygens (including phenoxy) is 3. The van der Waals surface area contributed by atoms with Crippen LogP contribution in [0.15, 0.2) is 35.2 Å². The fourth-order valence-corrected chi connectivity index (χ4v) is 3.44. The summed E-state index contributed by atoms with van der Waals surface area (Å²) in [6.45, 7) is 3.30. The molecule has 0 radical (unpaired) electrons. The molecule has 0 amide bonds. The number of benzene rings is 1. The number of hydrogen-bond acceptors (Lipinski definition) is 4. The molecule has 1 saturated carbocycles. The van der Waals surface area contributed by atoms with Gasteiger partial charge in [0, 0.05) is 12.0 Å². The van der Waals surface area contributed by atoms with Gasteiger partial charge >= 0.3 is 0 Å². The molecule has 106 valence electrons. The smallest absolute Gasteiger partial charge is 0.147 e. The lowest BCUT2D eigenvalue weighted by molar-refractivity contribution is -0.0742. The van der Waals surface area contributed by atoms with Crippen molar-refractivity contribution in [2.24, 2.45) is 0 Å². The van der Waals surface area contributed by atoms with Crippen LogP contribution in [0, 0.1) is 0 Å². The molecule has 0 spiro atoms. The molecule has 1 aromatic rings. The van der Waals surface area contributed by atoms with Crippen molar-refractivity contribution in [2.45, 2.75) is 29.1 Å². The van der Waals surface area contributed by atoms with Gasteiger partial charge in [-0.3, -0.25) is 4.21 Å². The maximum atomic E-state index is 12.4. The van der Waals surface area contributed by atoms with Gasteiger partial charge in [-0.25, -0.2) is 0 Å². The van der Waals surface area contributed by atoms with Gasteiger partial charge in [-0.15, -0.1) is 0 Å². The Labute approximate surface area is 116 Å². The summed E-state index contributed by atoms with van der Waals surface area (Å²) in [4.78, 5) is 0.858. The van der Waals surface area contributed by atoms with E-state index < -0.39 is 10.8 Å². The molecule has 19 heavy (non-hydrogen) atoms. The van der Waals surface area contributed by atoms with E-state index in [0.717, 1.165) is 11.3 Å². The summed E-state index contributed by atoms with van der Waals surface area (Å²) in [5, 5.41) is 0. The minimum atomic E-state index is -1.03. The Morgan fingerprint density at radius 2 is 2.05 bits per heavy atom. The van der Waals surface area contributed by atoms with Crippen molar-refractivity contribution in [3.05, 3.63) is 30.3 Å². The zero-order valence-electron chi connectivity index (χ0n) is 11.3. The third-order valence-corrected chi connectivity index (χ3v) is 5.25. The number of rotatable bonds is 8. The predicted octanol–water partition coefficient (Wildman–Crippen LogP) is 1.96. The van der Waals surface area contributed by atoms with Crippen LogP contribution >= 0.6 is 0 Å². The zero-order chi connectivity index (χ0) is 13.7. The van der Waals surface area contributed by atoms with Gasteiger partial charge in [0.05, 0.1) is 34.9 Å². The van der Waals surface area contributed by atoms with Crippen molar-refractivity contribution < 1.29 is 18.4 Å². The lowest BCUT2D eigenvalue weighted by atomic mass is 10.4. The van der Waals surface area contributed by atoms with Crippen LogP contribution in [0.5, 0.6) is 0 Å². The second kappa shape index (κ2) is 6.61. The molecule has 1 aromatic carbocycles. The highest BCUT2D eigenvalue weighted by atomic mass is 32.2. The van der Waals surface area contributed by atoms with Crippen LogP contribution in [0.1, 0.15) is 13.3 Å². The summed E-state index contributed by atoms with van der Waals surface area (Å²) in [7, 11) is 0.596. The Morgan fingerprint density at radius 3 is 2.74 bits per heavy atom. The summed E-state index contributed by atoms with van der Waals surface area (Å²) in [5.74, 6) is 0. The molecule has 0 aliphatic heterocycles. The second-order valence-electron chi connectivity index (χ2n) is 4.77. The van der Waals surface area contributed by atoms with Crippen molar-refractivity contribution in [2.75, 3.05) is 27.1 Å². The molecule has 1 unspecified atom stereocenters. The van der Waals surface area contributed by atoms with Crippen LogP contribution in [-0.2, 0) is 25.0 Å². The Balaban J connectivity index is 1.78. The van der Waals surface area contributed by atoms with Crippen LogP contribution in [0.2, 0.25) is 0 Å². The Bertz CT molecular complexity index is 423. The van der Waals surface area contributed by atoms with Crippen LogP contribution in [0.3, 0.4) is 0 Å². The Kier molecular flexibility index (Phi) is 5.10. The standard InChI is InChI=1S/C14H20O4S/c1-14(19(15)12-6-4-3-5-7-12)10-13(14)18-11-17-9-8-16-2/h3-7,13H,8-11H2,1-2H3/t13-,14-,19?/m1/s1. The molecule has 1 fully saturated rings. The van der Waals surface area contributed by atoms with Crippen molar-refractivity contribution in [3.8, 4) is 0 Å². The zero-order valence-corrected chi connectivity index (χ0v) is 12.2. The van der Waals surface area contributed by atoms with E-state index in [1.165, 1.54) is 0 Å². The van der Waals surface area contributed by atoms with E-state index in [1.807, 2.05) is 37.3 Å². The summed E-state index contributed by atoms with van der Waals surface area (Å²) < 4.78 is 27.9. The first-order chi connectivity index (χ1) is 9.18. The molecule has 0 bridgehead atoms. The first kappa shape index (κ1) is 14.7. The summed E-state index contributed by atoms with van der Waals surface area (Å²) in [6.07, 6.45) is 0.818. The van der Waals surface area contributed by atoms with E-state index in [-0.39, 0.29) is 17.6 Å². The summed E-state index contributed by atoms with van der Waals surface area (Å²) in [6, 6.07) is 9.52. The van der Waals surface area contributed by atoms with Crippen LogP contribution in [0.25, 0.3) is 0 Å². The topological polar surface area (TPSA) is 44.8 Å². The van der Waals surface area contributed by atoms with Gasteiger partial charge in [-0.1, -0.05) is 18.2 Å². The van der Waals surface area contributed by atoms with Crippen LogP contribution < -0.4 is 0 Å². The van der Waals surface area contributed by atoms with Gasteiger partial charge < -0.3 is 14.2 Å². The van der Waals surface area contributed by atoms with Gasteiger partial charge in [0.15, 0.2) is 0 Å². The molecular formula is C14H20O4S. The highest BCUT2D eigenvalue weighted by Gasteiger charge is 2.56. The largest absolute Gasteiger partial charge is 0.382 e. The Hall–Kier alpha value is -0.750. The van der Waals surface area contributed by atoms with E-state index in [2.05, 4.69) is 0 Å². The van der Waals surface area contributed by atoms with Crippen molar-refractivity contribution in [1.82, 2.24) is 0 Å². The van der Waals surface area contributed by atoms with Gasteiger partial charge in [0.1, 0.15) is 6.79 Å². The second-order valence-corrected chi connectivity index (χ2v) is 6.71. The lowest BCUT2D eigenvalue weighted by Crippen LogP contribution is -2.20. The van der Waals surface area contributed by atoms with Crippen molar-refractivity contribution in [1.29, 1.82) is 0 Å². The minimum Gasteiger partial charge on any atom is -0.382 e. The lowest BCUT2D eigenvalue weighted by Gasteiger charge is -2.12. The monoisotopic (exact) mass is 284 g/mol. The van der Waals surface area contributed by atoms with E-state index >= 15 is 0 Å². The maximum absolute atomic E-state index is 12.4.